The van der Waals surface area contributed by atoms with Crippen LogP contribution in [0.25, 0.3) is 11.5 Å². The van der Waals surface area contributed by atoms with Gasteiger partial charge in [0.15, 0.2) is 11.4 Å². The van der Waals surface area contributed by atoms with Crippen molar-refractivity contribution in [1.82, 2.24) is 29.2 Å². The van der Waals surface area contributed by atoms with E-state index in [4.69, 9.17) is 0 Å². The number of aromatic hydroxyl groups is 1. The third-order valence-electron chi connectivity index (χ3n) is 6.86. The van der Waals surface area contributed by atoms with Crippen molar-refractivity contribution in [2.45, 2.75) is 31.7 Å². The van der Waals surface area contributed by atoms with Crippen LogP contribution in [0.4, 0.5) is 13.2 Å². The molecule has 4 heterocycles. The molecule has 0 bridgehead atoms. The van der Waals surface area contributed by atoms with Crippen LogP contribution in [0.3, 0.4) is 0 Å². The Morgan fingerprint density at radius 1 is 1.13 bits per heavy atom. The summed E-state index contributed by atoms with van der Waals surface area (Å²) >= 11 is 0. The Balaban J connectivity index is 1.60. The van der Waals surface area contributed by atoms with E-state index in [9.17, 15) is 27.9 Å². The zero-order valence-corrected chi connectivity index (χ0v) is 21.2. The highest BCUT2D eigenvalue weighted by molar-refractivity contribution is 5.96. The fourth-order valence-corrected chi connectivity index (χ4v) is 5.02. The van der Waals surface area contributed by atoms with Crippen LogP contribution in [-0.2, 0) is 7.05 Å². The summed E-state index contributed by atoms with van der Waals surface area (Å²) in [4.78, 5) is 37.2. The summed E-state index contributed by atoms with van der Waals surface area (Å²) in [5, 5.41) is 15.1. The van der Waals surface area contributed by atoms with Crippen LogP contribution in [0.2, 0.25) is 0 Å². The van der Waals surface area contributed by atoms with Gasteiger partial charge in [-0.15, -0.1) is 0 Å². The van der Waals surface area contributed by atoms with E-state index in [1.165, 1.54) is 15.6 Å². The van der Waals surface area contributed by atoms with E-state index in [1.54, 1.807) is 32.3 Å². The minimum absolute atomic E-state index is 0.0546. The van der Waals surface area contributed by atoms with E-state index >= 15 is 0 Å². The summed E-state index contributed by atoms with van der Waals surface area (Å²) in [5.74, 6) is -3.87. The lowest BCUT2D eigenvalue weighted by Gasteiger charge is -2.24. The van der Waals surface area contributed by atoms with E-state index in [2.05, 4.69) is 15.1 Å². The lowest BCUT2D eigenvalue weighted by atomic mass is 10.0. The zero-order valence-electron chi connectivity index (χ0n) is 21.2. The Labute approximate surface area is 221 Å². The maximum absolute atomic E-state index is 14.2. The van der Waals surface area contributed by atoms with Gasteiger partial charge >= 0.3 is 0 Å². The Hall–Kier alpha value is -4.48. The zero-order chi connectivity index (χ0) is 27.8. The molecule has 12 heteroatoms. The van der Waals surface area contributed by atoms with Crippen molar-refractivity contribution in [1.29, 1.82) is 0 Å². The van der Waals surface area contributed by atoms with Crippen LogP contribution in [0.5, 0.6) is 5.88 Å². The highest BCUT2D eigenvalue weighted by atomic mass is 19.1. The topological polar surface area (TPSA) is 106 Å². The van der Waals surface area contributed by atoms with Gasteiger partial charge in [0.2, 0.25) is 5.88 Å². The Kier molecular flexibility index (Phi) is 6.94. The average molecular weight is 539 g/mol. The first-order chi connectivity index (χ1) is 18.7. The number of nitrogens with zero attached hydrogens (tertiary/aromatic N) is 6. The molecule has 0 aliphatic carbocycles. The first-order valence-electron chi connectivity index (χ1n) is 12.4. The SMILES string of the molecule is CCC(c1cc(F)cc(F)c1)n1c(-c2ccn(C)n2)nc(O)c(C(=O)N2CCC(c3ccc(F)cn3)C2)c1=O. The van der Waals surface area contributed by atoms with Gasteiger partial charge in [-0.1, -0.05) is 6.92 Å². The Morgan fingerprint density at radius 2 is 1.87 bits per heavy atom. The third-order valence-corrected chi connectivity index (χ3v) is 6.86. The molecule has 1 fully saturated rings. The molecule has 2 atom stereocenters. The number of benzene rings is 1. The maximum Gasteiger partial charge on any atom is 0.271 e. The number of hydrogen-bond acceptors (Lipinski definition) is 6. The predicted molar refractivity (Wildman–Crippen MR) is 135 cm³/mol. The predicted octanol–water partition coefficient (Wildman–Crippen LogP) is 3.79. The van der Waals surface area contributed by atoms with Crippen molar-refractivity contribution >= 4 is 5.91 Å². The molecule has 1 aromatic carbocycles. The van der Waals surface area contributed by atoms with Crippen LogP contribution < -0.4 is 5.56 Å². The second-order valence-electron chi connectivity index (χ2n) is 9.45. The molecule has 202 valence electrons. The van der Waals surface area contributed by atoms with Crippen molar-refractivity contribution < 1.29 is 23.1 Å². The maximum atomic E-state index is 14.2. The number of aromatic nitrogens is 5. The molecule has 1 saturated heterocycles. The summed E-state index contributed by atoms with van der Waals surface area (Å²) in [7, 11) is 1.66. The lowest BCUT2D eigenvalue weighted by Crippen LogP contribution is -2.38. The molecule has 4 aromatic rings. The molecule has 39 heavy (non-hydrogen) atoms. The van der Waals surface area contributed by atoms with Gasteiger partial charge in [0.25, 0.3) is 11.5 Å². The molecular formula is C27H25F3N6O3. The Bertz CT molecular complexity index is 1580. The standard InChI is InChI=1S/C27H25F3N6O3/c1-3-22(16-10-18(29)12-19(30)11-16)36-24(21-7-8-34(2)33-21)32-25(37)23(27(36)39)26(38)35-9-6-15(14-35)20-5-4-17(28)13-31-20/h4-5,7-8,10-13,15,22,37H,3,6,9,14H2,1-2H3. The molecule has 0 radical (unpaired) electrons. The first-order valence-corrected chi connectivity index (χ1v) is 12.4. The monoisotopic (exact) mass is 538 g/mol. The van der Waals surface area contributed by atoms with Crippen LogP contribution in [0, 0.1) is 17.5 Å². The fourth-order valence-electron chi connectivity index (χ4n) is 5.02. The molecule has 0 saturated carbocycles. The summed E-state index contributed by atoms with van der Waals surface area (Å²) in [5.41, 5.74) is -0.437. The summed E-state index contributed by atoms with van der Waals surface area (Å²) in [6.45, 7) is 2.19. The Morgan fingerprint density at radius 3 is 2.49 bits per heavy atom. The number of pyridine rings is 1. The highest BCUT2D eigenvalue weighted by Crippen LogP contribution is 2.31. The van der Waals surface area contributed by atoms with Crippen LogP contribution >= 0.6 is 0 Å². The van der Waals surface area contributed by atoms with Crippen LogP contribution in [0.15, 0.2) is 53.6 Å². The number of halogens is 3. The molecule has 0 spiro atoms. The average Bonchev–Trinajstić information content (AvgIpc) is 3.55. The largest absolute Gasteiger partial charge is 0.493 e. The number of carbonyl (C=O) groups excluding carboxylic acids is 1. The molecule has 1 N–H and O–H groups in total. The van der Waals surface area contributed by atoms with Crippen molar-refractivity contribution in [2.24, 2.45) is 7.05 Å². The molecule has 2 unspecified atom stereocenters. The molecule has 3 aromatic heterocycles. The summed E-state index contributed by atoms with van der Waals surface area (Å²) < 4.78 is 44.2. The van der Waals surface area contributed by atoms with Crippen LogP contribution in [-0.4, -0.2) is 53.3 Å². The number of rotatable bonds is 6. The lowest BCUT2D eigenvalue weighted by molar-refractivity contribution is 0.0784. The minimum atomic E-state index is -0.922. The molecule has 9 nitrogen and oxygen atoms in total. The fraction of sp³-hybridized carbons (Fsp3) is 0.296. The van der Waals surface area contributed by atoms with Crippen molar-refractivity contribution in [3.63, 3.8) is 0 Å². The summed E-state index contributed by atoms with van der Waals surface area (Å²) in [6, 6.07) is 6.43. The van der Waals surface area contributed by atoms with E-state index in [0.717, 1.165) is 29.0 Å². The van der Waals surface area contributed by atoms with Crippen molar-refractivity contribution in [3.8, 4) is 17.4 Å². The van der Waals surface area contributed by atoms with Gasteiger partial charge in [0, 0.05) is 44.0 Å². The number of hydrogen-bond donors (Lipinski definition) is 1. The number of amides is 1. The molecule has 5 rings (SSSR count). The summed E-state index contributed by atoms with van der Waals surface area (Å²) in [6.07, 6.45) is 3.45. The van der Waals surface area contributed by atoms with Gasteiger partial charge in [0.05, 0.1) is 12.2 Å². The van der Waals surface area contributed by atoms with Gasteiger partial charge in [-0.05, 0) is 48.7 Å². The molecule has 1 aliphatic rings. The van der Waals surface area contributed by atoms with E-state index < -0.39 is 46.4 Å². The normalized spacial score (nSPS) is 16.0. The number of carbonyl (C=O) groups is 1. The molecule has 1 amide bonds. The van der Waals surface area contributed by atoms with Gasteiger partial charge in [-0.3, -0.25) is 23.8 Å². The smallest absolute Gasteiger partial charge is 0.271 e. The second kappa shape index (κ2) is 10.4. The highest BCUT2D eigenvalue weighted by Gasteiger charge is 2.34. The third kappa shape index (κ3) is 5.01. The quantitative estimate of drug-likeness (QED) is 0.401. The number of aryl methyl sites for hydroxylation is 1. The van der Waals surface area contributed by atoms with Crippen LogP contribution in [0.1, 0.15) is 53.3 Å². The number of likely N-dealkylation sites (tertiary alicyclic amines) is 1. The molecule has 1 aliphatic heterocycles. The van der Waals surface area contributed by atoms with E-state index in [-0.39, 0.29) is 42.5 Å². The molecular weight excluding hydrogens is 513 g/mol. The minimum Gasteiger partial charge on any atom is -0.493 e. The van der Waals surface area contributed by atoms with Crippen molar-refractivity contribution in [3.05, 3.63) is 93.4 Å². The van der Waals surface area contributed by atoms with E-state index in [0.29, 0.717) is 12.1 Å². The van der Waals surface area contributed by atoms with E-state index in [1.807, 2.05) is 0 Å². The van der Waals surface area contributed by atoms with Crippen molar-refractivity contribution in [2.75, 3.05) is 13.1 Å². The van der Waals surface area contributed by atoms with Gasteiger partial charge in [-0.2, -0.15) is 10.1 Å². The van der Waals surface area contributed by atoms with Gasteiger partial charge < -0.3 is 10.0 Å². The second-order valence-corrected chi connectivity index (χ2v) is 9.45. The van der Waals surface area contributed by atoms with Gasteiger partial charge in [-0.25, -0.2) is 13.2 Å². The van der Waals surface area contributed by atoms with Gasteiger partial charge in [0.1, 0.15) is 23.1 Å². The first kappa shape index (κ1) is 26.1.